The van der Waals surface area contributed by atoms with E-state index in [1.165, 1.54) is 4.88 Å². The number of nitriles is 1. The highest BCUT2D eigenvalue weighted by atomic mass is 127. The van der Waals surface area contributed by atoms with Crippen LogP contribution in [0.4, 0.5) is 5.00 Å². The van der Waals surface area contributed by atoms with E-state index in [-0.39, 0.29) is 11.2 Å². The van der Waals surface area contributed by atoms with E-state index in [0.29, 0.717) is 25.6 Å². The van der Waals surface area contributed by atoms with Gasteiger partial charge in [-0.1, -0.05) is 32.4 Å². The number of aliphatic imine (C=N–C) groups is 1. The fourth-order valence-corrected chi connectivity index (χ4v) is 5.61. The lowest BCUT2D eigenvalue weighted by Gasteiger charge is -2.33. The monoisotopic (exact) mass is 498 g/mol. The summed E-state index contributed by atoms with van der Waals surface area (Å²) >= 11 is 9.72. The van der Waals surface area contributed by atoms with E-state index in [2.05, 4.69) is 31.8 Å². The highest BCUT2D eigenvalue weighted by molar-refractivity contribution is 14.1. The first-order chi connectivity index (χ1) is 12.2. The molecule has 0 fully saturated rings. The van der Waals surface area contributed by atoms with Crippen LogP contribution in [0.25, 0.3) is 0 Å². The topological polar surface area (TPSA) is 56.4 Å². The van der Waals surface area contributed by atoms with Gasteiger partial charge in [-0.05, 0) is 70.9 Å². The van der Waals surface area contributed by atoms with Crippen molar-refractivity contribution in [2.45, 2.75) is 40.0 Å². The lowest BCUT2D eigenvalue weighted by atomic mass is 9.72. The van der Waals surface area contributed by atoms with Gasteiger partial charge in [0.15, 0.2) is 0 Å². The second-order valence-electron chi connectivity index (χ2n) is 7.69. The van der Waals surface area contributed by atoms with Crippen molar-refractivity contribution in [3.8, 4) is 11.8 Å². The van der Waals surface area contributed by atoms with Gasteiger partial charge in [0.25, 0.3) is 0 Å². The molecule has 0 saturated carbocycles. The summed E-state index contributed by atoms with van der Waals surface area (Å²) < 4.78 is 0.676. The van der Waals surface area contributed by atoms with Crippen molar-refractivity contribution in [3.05, 3.63) is 42.3 Å². The van der Waals surface area contributed by atoms with Crippen molar-refractivity contribution in [2.24, 2.45) is 16.3 Å². The molecule has 0 unspecified atom stereocenters. The number of hydrogen-bond donors (Lipinski definition) is 1. The van der Waals surface area contributed by atoms with Crippen LogP contribution in [0.15, 0.2) is 17.1 Å². The Hall–Kier alpha value is -1.10. The van der Waals surface area contributed by atoms with Gasteiger partial charge in [0.05, 0.1) is 9.13 Å². The van der Waals surface area contributed by atoms with Crippen LogP contribution in [-0.2, 0) is 12.8 Å². The Bertz CT molecular complexity index is 921. The molecule has 0 spiro atoms. The fraction of sp³-hybridized carbons (Fsp3) is 0.400. The van der Waals surface area contributed by atoms with E-state index in [1.807, 2.05) is 22.6 Å². The maximum absolute atomic E-state index is 10.2. The van der Waals surface area contributed by atoms with E-state index in [0.717, 1.165) is 29.8 Å². The zero-order chi connectivity index (χ0) is 19.1. The van der Waals surface area contributed by atoms with Crippen LogP contribution >= 0.6 is 45.5 Å². The molecule has 1 aromatic heterocycles. The molecule has 0 bridgehead atoms. The molecule has 136 valence electrons. The van der Waals surface area contributed by atoms with Crippen molar-refractivity contribution >= 4 is 56.7 Å². The Kier molecular flexibility index (Phi) is 5.66. The first kappa shape index (κ1) is 19.7. The molecule has 1 heterocycles. The standard InChI is InChI=1S/C20H20ClIN2OS/c1-20(2,3)12-4-5-14-15(9-23)19(26-17(14)7-12)24-10-11-6-13(21)8-16(22)18(11)25/h6,8,10,12,25H,4-5,7H2,1-3H3/t12-/m0/s1. The Balaban J connectivity index is 1.96. The number of phenols is 1. The van der Waals surface area contributed by atoms with Crippen molar-refractivity contribution < 1.29 is 5.11 Å². The molecular weight excluding hydrogens is 479 g/mol. The second-order valence-corrected chi connectivity index (χ2v) is 10.4. The number of fused-ring (bicyclic) bond motifs is 1. The number of aromatic hydroxyl groups is 1. The van der Waals surface area contributed by atoms with Crippen LogP contribution in [0, 0.1) is 26.2 Å². The number of halogens is 2. The number of rotatable bonds is 2. The molecule has 6 heteroatoms. The minimum atomic E-state index is 0.159. The lowest BCUT2D eigenvalue weighted by molar-refractivity contribution is 0.218. The fourth-order valence-electron chi connectivity index (χ4n) is 3.33. The largest absolute Gasteiger partial charge is 0.506 e. The van der Waals surface area contributed by atoms with Crippen LogP contribution in [0.5, 0.6) is 5.75 Å². The van der Waals surface area contributed by atoms with Crippen molar-refractivity contribution in [1.82, 2.24) is 0 Å². The Labute approximate surface area is 176 Å². The third kappa shape index (κ3) is 3.92. The molecule has 3 nitrogen and oxygen atoms in total. The van der Waals surface area contributed by atoms with E-state index in [1.54, 1.807) is 29.7 Å². The predicted octanol–water partition coefficient (Wildman–Crippen LogP) is 6.48. The average Bonchev–Trinajstić information content (AvgIpc) is 2.92. The molecule has 1 aromatic carbocycles. The van der Waals surface area contributed by atoms with Gasteiger partial charge in [-0.3, -0.25) is 0 Å². The van der Waals surface area contributed by atoms with Gasteiger partial charge in [0.2, 0.25) is 0 Å². The molecule has 1 atom stereocenters. The molecule has 1 N–H and O–H groups in total. The minimum absolute atomic E-state index is 0.159. The van der Waals surface area contributed by atoms with E-state index in [4.69, 9.17) is 11.6 Å². The van der Waals surface area contributed by atoms with Gasteiger partial charge in [-0.25, -0.2) is 4.99 Å². The molecule has 3 rings (SSSR count). The van der Waals surface area contributed by atoms with Crippen LogP contribution < -0.4 is 0 Å². The van der Waals surface area contributed by atoms with Gasteiger partial charge in [-0.2, -0.15) is 5.26 Å². The summed E-state index contributed by atoms with van der Waals surface area (Å²) in [6.45, 7) is 6.85. The summed E-state index contributed by atoms with van der Waals surface area (Å²) in [6, 6.07) is 5.72. The van der Waals surface area contributed by atoms with Gasteiger partial charge in [0, 0.05) is 21.7 Å². The molecule has 0 saturated heterocycles. The molecule has 1 aliphatic rings. The smallest absolute Gasteiger partial charge is 0.137 e. The third-order valence-corrected chi connectivity index (χ3v) is 7.16. The quantitative estimate of drug-likeness (QED) is 0.380. The third-order valence-electron chi connectivity index (χ3n) is 4.96. The second kappa shape index (κ2) is 7.49. The number of nitrogens with zero attached hydrogens (tertiary/aromatic N) is 2. The molecular formula is C20H20ClIN2OS. The molecule has 0 radical (unpaired) electrons. The number of thiophene rings is 1. The normalized spacial score (nSPS) is 17.3. The van der Waals surface area contributed by atoms with Crippen LogP contribution in [0.3, 0.4) is 0 Å². The van der Waals surface area contributed by atoms with Gasteiger partial charge in [-0.15, -0.1) is 11.3 Å². The summed E-state index contributed by atoms with van der Waals surface area (Å²) in [4.78, 5) is 5.81. The molecule has 26 heavy (non-hydrogen) atoms. The zero-order valence-corrected chi connectivity index (χ0v) is 18.7. The maximum Gasteiger partial charge on any atom is 0.137 e. The predicted molar refractivity (Wildman–Crippen MR) is 117 cm³/mol. The van der Waals surface area contributed by atoms with Crippen molar-refractivity contribution in [1.29, 1.82) is 5.26 Å². The molecule has 0 aliphatic heterocycles. The SMILES string of the molecule is CC(C)(C)[C@H]1CCc2c(sc(N=Cc3cc(Cl)cc(I)c3O)c2C#N)C1. The van der Waals surface area contributed by atoms with Gasteiger partial charge < -0.3 is 5.11 Å². The highest BCUT2D eigenvalue weighted by Gasteiger charge is 2.32. The van der Waals surface area contributed by atoms with E-state index in [9.17, 15) is 10.4 Å². The molecule has 0 amide bonds. The first-order valence-electron chi connectivity index (χ1n) is 8.47. The van der Waals surface area contributed by atoms with E-state index < -0.39 is 0 Å². The molecule has 1 aliphatic carbocycles. The Morgan fingerprint density at radius 3 is 2.81 bits per heavy atom. The Morgan fingerprint density at radius 2 is 2.15 bits per heavy atom. The van der Waals surface area contributed by atoms with Crippen LogP contribution in [0.1, 0.15) is 48.8 Å². The van der Waals surface area contributed by atoms with E-state index >= 15 is 0 Å². The zero-order valence-electron chi connectivity index (χ0n) is 14.9. The summed E-state index contributed by atoms with van der Waals surface area (Å²) in [5.74, 6) is 0.780. The highest BCUT2D eigenvalue weighted by Crippen LogP contribution is 2.45. The van der Waals surface area contributed by atoms with Crippen LogP contribution in [0.2, 0.25) is 5.02 Å². The van der Waals surface area contributed by atoms with Crippen molar-refractivity contribution in [2.75, 3.05) is 0 Å². The number of benzene rings is 1. The van der Waals surface area contributed by atoms with Gasteiger partial charge >= 0.3 is 0 Å². The number of hydrogen-bond acceptors (Lipinski definition) is 4. The minimum Gasteiger partial charge on any atom is -0.506 e. The molecule has 2 aromatic rings. The summed E-state index contributed by atoms with van der Waals surface area (Å²) in [5, 5.41) is 21.1. The van der Waals surface area contributed by atoms with Crippen LogP contribution in [-0.4, -0.2) is 11.3 Å². The Morgan fingerprint density at radius 1 is 1.42 bits per heavy atom. The summed E-state index contributed by atoms with van der Waals surface area (Å²) in [6.07, 6.45) is 4.65. The van der Waals surface area contributed by atoms with Crippen molar-refractivity contribution in [3.63, 3.8) is 0 Å². The van der Waals surface area contributed by atoms with Gasteiger partial charge in [0.1, 0.15) is 16.8 Å². The average molecular weight is 499 g/mol. The lowest BCUT2D eigenvalue weighted by Crippen LogP contribution is -2.26. The summed E-state index contributed by atoms with van der Waals surface area (Å²) in [5.41, 5.74) is 2.67. The number of phenolic OH excluding ortho intramolecular Hbond substituents is 1. The first-order valence-corrected chi connectivity index (χ1v) is 10.7. The summed E-state index contributed by atoms with van der Waals surface area (Å²) in [7, 11) is 0. The maximum atomic E-state index is 10.2.